The van der Waals surface area contributed by atoms with E-state index in [0.29, 0.717) is 24.1 Å². The first-order valence-electron chi connectivity index (χ1n) is 6.66. The summed E-state index contributed by atoms with van der Waals surface area (Å²) in [7, 11) is 0. The topological polar surface area (TPSA) is 49.3 Å². The van der Waals surface area contributed by atoms with Crippen molar-refractivity contribution in [2.24, 2.45) is 4.99 Å². The number of aromatic nitrogens is 1. The summed E-state index contributed by atoms with van der Waals surface area (Å²) in [5, 5.41) is 7.43. The number of nitrogens with one attached hydrogen (secondary N) is 2. The minimum absolute atomic E-state index is 0.195. The Morgan fingerprint density at radius 3 is 2.70 bits per heavy atom. The number of thiazole rings is 1. The molecule has 4 nitrogen and oxygen atoms in total. The lowest BCUT2D eigenvalue weighted by Crippen LogP contribution is -2.36. The molecule has 0 fully saturated rings. The summed E-state index contributed by atoms with van der Waals surface area (Å²) in [6, 6.07) is 3.92. The highest BCUT2D eigenvalue weighted by molar-refractivity contribution is 9.11. The largest absolute Gasteiger partial charge is 0.434 e. The van der Waals surface area contributed by atoms with Crippen LogP contribution in [0.5, 0.6) is 0 Å². The van der Waals surface area contributed by atoms with Crippen LogP contribution in [0.2, 0.25) is 0 Å². The van der Waals surface area contributed by atoms with Gasteiger partial charge in [0.15, 0.2) is 11.7 Å². The lowest BCUT2D eigenvalue weighted by molar-refractivity contribution is -0.140. The highest BCUT2D eigenvalue weighted by atomic mass is 79.9. The standard InChI is InChI=1S/C13H14BrF3N4S2/c1-2-18-12(19-5-8-3-4-10(14)23-8)20-6-11-21-9(7-22-11)13(15,16)17/h3-4,7H,2,5-6H2,1H3,(H2,18,19,20). The second-order valence-corrected chi connectivity index (χ2v) is 7.87. The first-order chi connectivity index (χ1) is 10.9. The van der Waals surface area contributed by atoms with Crippen LogP contribution in [0.1, 0.15) is 22.5 Å². The third kappa shape index (κ3) is 5.78. The summed E-state index contributed by atoms with van der Waals surface area (Å²) < 4.78 is 38.6. The molecule has 0 aliphatic carbocycles. The summed E-state index contributed by atoms with van der Waals surface area (Å²) in [5.41, 5.74) is -0.857. The van der Waals surface area contributed by atoms with Crippen LogP contribution in [-0.4, -0.2) is 17.5 Å². The molecule has 0 spiro atoms. The van der Waals surface area contributed by atoms with Gasteiger partial charge in [-0.25, -0.2) is 9.98 Å². The number of rotatable bonds is 5. The van der Waals surface area contributed by atoms with Crippen molar-refractivity contribution >= 4 is 44.6 Å². The molecule has 23 heavy (non-hydrogen) atoms. The minimum atomic E-state index is -4.40. The Labute approximate surface area is 148 Å². The van der Waals surface area contributed by atoms with E-state index in [-0.39, 0.29) is 6.54 Å². The molecule has 0 saturated carbocycles. The molecule has 2 heterocycles. The van der Waals surface area contributed by atoms with E-state index in [0.717, 1.165) is 25.4 Å². The third-order valence-electron chi connectivity index (χ3n) is 2.62. The van der Waals surface area contributed by atoms with Gasteiger partial charge >= 0.3 is 6.18 Å². The molecule has 10 heteroatoms. The summed E-state index contributed by atoms with van der Waals surface area (Å²) in [4.78, 5) is 9.07. The van der Waals surface area contributed by atoms with Crippen molar-refractivity contribution in [1.29, 1.82) is 0 Å². The zero-order chi connectivity index (χ0) is 16.9. The number of nitrogens with zero attached hydrogens (tertiary/aromatic N) is 2. The van der Waals surface area contributed by atoms with Crippen molar-refractivity contribution in [3.63, 3.8) is 0 Å². The quantitative estimate of drug-likeness (QED) is 0.555. The first kappa shape index (κ1) is 18.2. The molecule has 0 aromatic carbocycles. The van der Waals surface area contributed by atoms with Gasteiger partial charge in [-0.3, -0.25) is 0 Å². The Bertz CT molecular complexity index is 666. The summed E-state index contributed by atoms with van der Waals surface area (Å²) in [6.07, 6.45) is -4.40. The van der Waals surface area contributed by atoms with Gasteiger partial charge in [0.25, 0.3) is 0 Å². The molecule has 2 rings (SSSR count). The number of alkyl halides is 3. The molecular weight excluding hydrogens is 413 g/mol. The predicted molar refractivity (Wildman–Crippen MR) is 90.8 cm³/mol. The Hall–Kier alpha value is -1.13. The number of halogens is 4. The molecule has 2 N–H and O–H groups in total. The molecule has 0 atom stereocenters. The molecule has 2 aromatic rings. The third-order valence-corrected chi connectivity index (χ3v) is 5.07. The number of hydrogen-bond acceptors (Lipinski definition) is 4. The number of hydrogen-bond donors (Lipinski definition) is 2. The number of thiophene rings is 1. The van der Waals surface area contributed by atoms with Crippen molar-refractivity contribution in [3.05, 3.63) is 36.9 Å². The Morgan fingerprint density at radius 1 is 1.35 bits per heavy atom. The van der Waals surface area contributed by atoms with Crippen molar-refractivity contribution in [2.45, 2.75) is 26.2 Å². The maximum atomic E-state index is 12.5. The zero-order valence-corrected chi connectivity index (χ0v) is 15.3. The van der Waals surface area contributed by atoms with Gasteiger partial charge in [0, 0.05) is 16.8 Å². The maximum Gasteiger partial charge on any atom is 0.434 e. The summed E-state index contributed by atoms with van der Waals surface area (Å²) in [5.74, 6) is 0.542. The van der Waals surface area contributed by atoms with Crippen LogP contribution in [-0.2, 0) is 19.3 Å². The lowest BCUT2D eigenvalue weighted by Gasteiger charge is -2.09. The fourth-order valence-electron chi connectivity index (χ4n) is 1.62. The summed E-state index contributed by atoms with van der Waals surface area (Å²) in [6.45, 7) is 3.27. The van der Waals surface area contributed by atoms with Crippen LogP contribution in [0.25, 0.3) is 0 Å². The van der Waals surface area contributed by atoms with Gasteiger partial charge in [-0.05, 0) is 35.0 Å². The monoisotopic (exact) mass is 426 g/mol. The van der Waals surface area contributed by atoms with E-state index < -0.39 is 11.9 Å². The van der Waals surface area contributed by atoms with Gasteiger partial charge in [0.05, 0.1) is 16.9 Å². The second kappa shape index (κ2) is 8.11. The molecular formula is C13H14BrF3N4S2. The predicted octanol–water partition coefficient (Wildman–Crippen LogP) is 4.24. The van der Waals surface area contributed by atoms with Crippen molar-refractivity contribution in [3.8, 4) is 0 Å². The Morgan fingerprint density at radius 2 is 2.13 bits per heavy atom. The molecule has 0 unspecified atom stereocenters. The van der Waals surface area contributed by atoms with Crippen LogP contribution >= 0.6 is 38.6 Å². The van der Waals surface area contributed by atoms with Gasteiger partial charge < -0.3 is 10.6 Å². The maximum absolute atomic E-state index is 12.5. The molecule has 126 valence electrons. The number of aliphatic imine (C=N–C) groups is 1. The van der Waals surface area contributed by atoms with Gasteiger partial charge in [0.1, 0.15) is 5.01 Å². The molecule has 0 saturated heterocycles. The van der Waals surface area contributed by atoms with Crippen LogP contribution in [0.3, 0.4) is 0 Å². The average Bonchev–Trinajstić information content (AvgIpc) is 3.10. The van der Waals surface area contributed by atoms with E-state index in [1.54, 1.807) is 11.3 Å². The van der Waals surface area contributed by atoms with Gasteiger partial charge in [0.2, 0.25) is 0 Å². The van der Waals surface area contributed by atoms with E-state index in [4.69, 9.17) is 0 Å². The van der Waals surface area contributed by atoms with Gasteiger partial charge in [-0.2, -0.15) is 13.2 Å². The van der Waals surface area contributed by atoms with Crippen LogP contribution in [0, 0.1) is 0 Å². The minimum Gasteiger partial charge on any atom is -0.357 e. The molecule has 2 aromatic heterocycles. The fraction of sp³-hybridized carbons (Fsp3) is 0.385. The average molecular weight is 427 g/mol. The zero-order valence-electron chi connectivity index (χ0n) is 12.1. The van der Waals surface area contributed by atoms with E-state index >= 15 is 0 Å². The van der Waals surface area contributed by atoms with Gasteiger partial charge in [-0.15, -0.1) is 22.7 Å². The van der Waals surface area contributed by atoms with E-state index in [9.17, 15) is 13.2 Å². The van der Waals surface area contributed by atoms with Crippen LogP contribution in [0.15, 0.2) is 26.3 Å². The van der Waals surface area contributed by atoms with E-state index in [1.807, 2.05) is 19.1 Å². The Kier molecular flexibility index (Phi) is 6.42. The fourth-order valence-corrected chi connectivity index (χ4v) is 3.77. The number of guanidine groups is 1. The highest BCUT2D eigenvalue weighted by Gasteiger charge is 2.33. The smallest absolute Gasteiger partial charge is 0.357 e. The van der Waals surface area contributed by atoms with E-state index in [1.165, 1.54) is 0 Å². The van der Waals surface area contributed by atoms with E-state index in [2.05, 4.69) is 36.5 Å². The molecule has 0 amide bonds. The highest BCUT2D eigenvalue weighted by Crippen LogP contribution is 2.29. The normalized spacial score (nSPS) is 12.5. The molecule has 0 aliphatic heterocycles. The lowest BCUT2D eigenvalue weighted by atomic mass is 10.5. The first-order valence-corrected chi connectivity index (χ1v) is 9.15. The van der Waals surface area contributed by atoms with Crippen molar-refractivity contribution in [1.82, 2.24) is 15.6 Å². The van der Waals surface area contributed by atoms with Crippen molar-refractivity contribution < 1.29 is 13.2 Å². The SMILES string of the molecule is CCNC(=NCc1ccc(Br)s1)NCc1nc(C(F)(F)F)cs1. The summed E-state index contributed by atoms with van der Waals surface area (Å²) >= 11 is 5.95. The second-order valence-electron chi connectivity index (χ2n) is 4.38. The van der Waals surface area contributed by atoms with Gasteiger partial charge in [-0.1, -0.05) is 0 Å². The molecule has 0 aliphatic rings. The van der Waals surface area contributed by atoms with Crippen molar-refractivity contribution in [2.75, 3.05) is 6.54 Å². The van der Waals surface area contributed by atoms with Crippen LogP contribution in [0.4, 0.5) is 13.2 Å². The van der Waals surface area contributed by atoms with Crippen LogP contribution < -0.4 is 10.6 Å². The molecule has 0 radical (unpaired) electrons. The molecule has 0 bridgehead atoms. The Balaban J connectivity index is 1.95.